The van der Waals surface area contributed by atoms with Gasteiger partial charge in [-0.1, -0.05) is 0 Å². The molecule has 5 atom stereocenters. The van der Waals surface area contributed by atoms with Gasteiger partial charge in [0.25, 0.3) is 0 Å². The van der Waals surface area contributed by atoms with E-state index >= 15 is 0 Å². The van der Waals surface area contributed by atoms with E-state index in [4.69, 9.17) is 9.84 Å². The normalized spacial score (nSPS) is 34.1. The largest absolute Gasteiger partial charge is 1.00 e. The first-order valence-corrected chi connectivity index (χ1v) is 6.52. The van der Waals surface area contributed by atoms with Gasteiger partial charge < -0.3 is 29.9 Å². The van der Waals surface area contributed by atoms with Crippen molar-refractivity contribution in [2.45, 2.75) is 37.6 Å². The summed E-state index contributed by atoms with van der Waals surface area (Å²) in [5.74, 6) is -0.627. The quantitative estimate of drug-likeness (QED) is 0.223. The first-order valence-electron chi connectivity index (χ1n) is 5.19. The SMILES string of the molecule is CC(=O)NC1C(O)C(OS(=O)(=O)[O-])C(CO)O[C@@H]1O.[Na+]. The predicted octanol–water partition coefficient (Wildman–Crippen LogP) is -6.59. The van der Waals surface area contributed by atoms with Crippen LogP contribution < -0.4 is 34.9 Å². The minimum absolute atomic E-state index is 0. The Morgan fingerprint density at radius 2 is 2.00 bits per heavy atom. The van der Waals surface area contributed by atoms with Crippen LogP contribution in [0.3, 0.4) is 0 Å². The molecule has 12 heteroatoms. The third-order valence-corrected chi connectivity index (χ3v) is 2.93. The molecule has 1 heterocycles. The van der Waals surface area contributed by atoms with Crippen LogP contribution in [-0.2, 0) is 24.1 Å². The first kappa shape index (κ1) is 20.2. The molecular formula is C8H14NNaO9S. The van der Waals surface area contributed by atoms with Gasteiger partial charge in [0.05, 0.1) is 6.61 Å². The standard InChI is InChI=1S/C8H15NO9S.Na/c1-3(11)9-5-6(12)7(18-19(14,15)16)4(2-10)17-8(5)13;/h4-8,10,12-13H,2H2,1H3,(H,9,11)(H,14,15,16);/q;+1/p-1/t4?,5?,6?,7?,8-;/m0./s1. The minimum Gasteiger partial charge on any atom is -0.726 e. The molecule has 0 aliphatic carbocycles. The molecule has 0 aromatic carbocycles. The molecule has 0 radical (unpaired) electrons. The average molecular weight is 323 g/mol. The van der Waals surface area contributed by atoms with Crippen molar-refractivity contribution in [2.75, 3.05) is 6.61 Å². The van der Waals surface area contributed by atoms with Gasteiger partial charge >= 0.3 is 29.6 Å². The van der Waals surface area contributed by atoms with Gasteiger partial charge in [0.2, 0.25) is 16.3 Å². The molecule has 1 amide bonds. The number of aliphatic hydroxyl groups is 3. The van der Waals surface area contributed by atoms with Crippen molar-refractivity contribution in [3.63, 3.8) is 0 Å². The molecule has 4 N–H and O–H groups in total. The number of nitrogens with one attached hydrogen (secondary N) is 1. The fourth-order valence-corrected chi connectivity index (χ4v) is 2.24. The number of hydrogen-bond donors (Lipinski definition) is 4. The van der Waals surface area contributed by atoms with Crippen LogP contribution in [0.2, 0.25) is 0 Å². The van der Waals surface area contributed by atoms with Crippen LogP contribution in [-0.4, -0.2) is 71.4 Å². The van der Waals surface area contributed by atoms with E-state index in [-0.39, 0.29) is 29.6 Å². The molecule has 1 saturated heterocycles. The first-order chi connectivity index (χ1) is 8.65. The maximum Gasteiger partial charge on any atom is 1.00 e. The Morgan fingerprint density at radius 3 is 2.40 bits per heavy atom. The molecule has 1 rings (SSSR count). The number of amides is 1. The second-order valence-electron chi connectivity index (χ2n) is 3.93. The van der Waals surface area contributed by atoms with Crippen LogP contribution >= 0.6 is 0 Å². The molecule has 1 fully saturated rings. The van der Waals surface area contributed by atoms with E-state index in [2.05, 4.69) is 9.50 Å². The van der Waals surface area contributed by atoms with E-state index in [9.17, 15) is 28.0 Å². The summed E-state index contributed by atoms with van der Waals surface area (Å²) in [5.41, 5.74) is 0. The van der Waals surface area contributed by atoms with Crippen molar-refractivity contribution in [3.05, 3.63) is 0 Å². The molecule has 1 aliphatic heterocycles. The summed E-state index contributed by atoms with van der Waals surface area (Å²) in [6.07, 6.45) is -6.62. The number of carbonyl (C=O) groups excluding carboxylic acids is 1. The van der Waals surface area contributed by atoms with Gasteiger partial charge in [0.15, 0.2) is 6.29 Å². The van der Waals surface area contributed by atoms with Crippen LogP contribution in [0, 0.1) is 0 Å². The van der Waals surface area contributed by atoms with Crippen LogP contribution in [0.4, 0.5) is 0 Å². The fourth-order valence-electron chi connectivity index (χ4n) is 1.73. The van der Waals surface area contributed by atoms with E-state index in [0.717, 1.165) is 6.92 Å². The summed E-state index contributed by atoms with van der Waals surface area (Å²) in [5, 5.41) is 30.4. The van der Waals surface area contributed by atoms with Gasteiger partial charge in [0.1, 0.15) is 24.4 Å². The van der Waals surface area contributed by atoms with E-state index in [0.29, 0.717) is 0 Å². The van der Waals surface area contributed by atoms with Crippen LogP contribution in [0.25, 0.3) is 0 Å². The van der Waals surface area contributed by atoms with E-state index in [1.54, 1.807) is 0 Å². The van der Waals surface area contributed by atoms with Gasteiger partial charge in [-0.2, -0.15) is 0 Å². The van der Waals surface area contributed by atoms with Gasteiger partial charge in [-0.3, -0.25) is 8.98 Å². The summed E-state index contributed by atoms with van der Waals surface area (Å²) < 4.78 is 40.5. The zero-order valence-corrected chi connectivity index (χ0v) is 13.6. The maximum atomic E-state index is 10.9. The smallest absolute Gasteiger partial charge is 0.726 e. The number of ether oxygens (including phenoxy) is 1. The summed E-state index contributed by atoms with van der Waals surface area (Å²) >= 11 is 0. The van der Waals surface area contributed by atoms with Gasteiger partial charge in [0, 0.05) is 6.92 Å². The molecular weight excluding hydrogens is 309 g/mol. The van der Waals surface area contributed by atoms with Crippen molar-refractivity contribution in [1.82, 2.24) is 5.32 Å². The molecule has 10 nitrogen and oxygen atoms in total. The van der Waals surface area contributed by atoms with Crippen molar-refractivity contribution in [1.29, 1.82) is 0 Å². The van der Waals surface area contributed by atoms with Gasteiger partial charge in [-0.25, -0.2) is 8.42 Å². The monoisotopic (exact) mass is 323 g/mol. The zero-order chi connectivity index (χ0) is 14.8. The predicted molar refractivity (Wildman–Crippen MR) is 56.1 cm³/mol. The van der Waals surface area contributed by atoms with Crippen molar-refractivity contribution < 1.29 is 71.6 Å². The molecule has 0 aromatic rings. The molecule has 0 saturated carbocycles. The Hall–Kier alpha value is 0.180. The zero-order valence-electron chi connectivity index (χ0n) is 10.8. The summed E-state index contributed by atoms with van der Waals surface area (Å²) in [6.45, 7) is 0.291. The van der Waals surface area contributed by atoms with E-state index in [1.165, 1.54) is 0 Å². The summed E-state index contributed by atoms with van der Waals surface area (Å²) in [6, 6.07) is -1.40. The number of rotatable bonds is 4. The Bertz CT molecular complexity index is 430. The number of hydrogen-bond acceptors (Lipinski definition) is 9. The third-order valence-electron chi connectivity index (χ3n) is 2.47. The van der Waals surface area contributed by atoms with Crippen molar-refractivity contribution >= 4 is 16.3 Å². The molecule has 1 aliphatic rings. The van der Waals surface area contributed by atoms with Crippen LogP contribution in [0.5, 0.6) is 0 Å². The minimum atomic E-state index is -5.16. The second-order valence-corrected chi connectivity index (χ2v) is 4.94. The number of carbonyl (C=O) groups is 1. The van der Waals surface area contributed by atoms with E-state index in [1.807, 2.05) is 0 Å². The Labute approximate surface area is 137 Å². The molecule has 20 heavy (non-hydrogen) atoms. The van der Waals surface area contributed by atoms with Gasteiger partial charge in [-0.15, -0.1) is 0 Å². The fraction of sp³-hybridized carbons (Fsp3) is 0.875. The second kappa shape index (κ2) is 7.98. The topological polar surface area (TPSA) is 165 Å². The van der Waals surface area contributed by atoms with Crippen molar-refractivity contribution in [2.24, 2.45) is 0 Å². The molecule has 4 unspecified atom stereocenters. The summed E-state index contributed by atoms with van der Waals surface area (Å²) in [4.78, 5) is 10.9. The third kappa shape index (κ3) is 5.52. The maximum absolute atomic E-state index is 10.9. The summed E-state index contributed by atoms with van der Waals surface area (Å²) in [7, 11) is -5.16. The average Bonchev–Trinajstić information content (AvgIpc) is 2.26. The number of aliphatic hydroxyl groups excluding tert-OH is 3. The Morgan fingerprint density at radius 1 is 1.45 bits per heavy atom. The van der Waals surface area contributed by atoms with Gasteiger partial charge in [-0.05, 0) is 0 Å². The van der Waals surface area contributed by atoms with Crippen LogP contribution in [0.15, 0.2) is 0 Å². The molecule has 112 valence electrons. The molecule has 0 bridgehead atoms. The molecule has 0 aromatic heterocycles. The Balaban J connectivity index is 0.00000361. The van der Waals surface area contributed by atoms with E-state index < -0.39 is 53.6 Å². The van der Waals surface area contributed by atoms with Crippen LogP contribution in [0.1, 0.15) is 6.92 Å². The molecule has 0 spiro atoms. The Kier molecular flexibility index (Phi) is 8.05. The van der Waals surface area contributed by atoms with Crippen molar-refractivity contribution in [3.8, 4) is 0 Å².